The van der Waals surface area contributed by atoms with Gasteiger partial charge < -0.3 is 15.7 Å². The van der Waals surface area contributed by atoms with Crippen LogP contribution in [0, 0.1) is 0 Å². The lowest BCUT2D eigenvalue weighted by Crippen LogP contribution is -2.34. The molecule has 4 nitrogen and oxygen atoms in total. The molecular weight excluding hydrogens is 178 g/mol. The van der Waals surface area contributed by atoms with E-state index in [-0.39, 0.29) is 12.6 Å². The van der Waals surface area contributed by atoms with E-state index in [1.807, 2.05) is 24.8 Å². The summed E-state index contributed by atoms with van der Waals surface area (Å²) in [5.41, 5.74) is 6.45. The number of nitrogen functional groups attached to an aromatic ring is 1. The van der Waals surface area contributed by atoms with Crippen LogP contribution in [0.4, 0.5) is 11.5 Å². The Bertz CT molecular complexity index is 288. The molecule has 0 aliphatic rings. The van der Waals surface area contributed by atoms with E-state index in [2.05, 4.69) is 4.98 Å². The molecule has 0 atom stereocenters. The van der Waals surface area contributed by atoms with Crippen LogP contribution in [-0.2, 0) is 0 Å². The van der Waals surface area contributed by atoms with Gasteiger partial charge in [0.05, 0.1) is 12.3 Å². The van der Waals surface area contributed by atoms with Crippen molar-refractivity contribution in [2.75, 3.05) is 23.8 Å². The minimum absolute atomic E-state index is 0.105. The molecule has 0 aliphatic heterocycles. The first-order valence-electron chi connectivity index (χ1n) is 4.74. The molecule has 1 aromatic heterocycles. The van der Waals surface area contributed by atoms with Crippen LogP contribution in [0.15, 0.2) is 18.3 Å². The molecule has 14 heavy (non-hydrogen) atoms. The summed E-state index contributed by atoms with van der Waals surface area (Å²) in [6.07, 6.45) is 1.71. The van der Waals surface area contributed by atoms with Crippen molar-refractivity contribution in [1.82, 2.24) is 4.98 Å². The summed E-state index contributed by atoms with van der Waals surface area (Å²) in [5, 5.41) is 8.93. The SMILES string of the molecule is CC(C)N(CCO)c1ncccc1N. The topological polar surface area (TPSA) is 62.4 Å². The standard InChI is InChI=1S/C10H17N3O/c1-8(2)13(6-7-14)10-9(11)4-3-5-12-10/h3-5,8,14H,6-7,11H2,1-2H3. The molecule has 4 heteroatoms. The molecule has 3 N–H and O–H groups in total. The number of pyridine rings is 1. The molecule has 1 rings (SSSR count). The van der Waals surface area contributed by atoms with Crippen molar-refractivity contribution in [1.29, 1.82) is 0 Å². The second-order valence-corrected chi connectivity index (χ2v) is 3.43. The summed E-state index contributed by atoms with van der Waals surface area (Å²) in [5.74, 6) is 0.747. The Morgan fingerprint density at radius 2 is 2.29 bits per heavy atom. The van der Waals surface area contributed by atoms with Gasteiger partial charge in [-0.1, -0.05) is 0 Å². The highest BCUT2D eigenvalue weighted by molar-refractivity contribution is 5.62. The number of hydrogen-bond acceptors (Lipinski definition) is 4. The van der Waals surface area contributed by atoms with E-state index < -0.39 is 0 Å². The van der Waals surface area contributed by atoms with Crippen LogP contribution in [0.5, 0.6) is 0 Å². The van der Waals surface area contributed by atoms with Crippen molar-refractivity contribution >= 4 is 11.5 Å². The van der Waals surface area contributed by atoms with Gasteiger partial charge in [0, 0.05) is 18.8 Å². The molecule has 0 aromatic carbocycles. The van der Waals surface area contributed by atoms with Gasteiger partial charge in [-0.15, -0.1) is 0 Å². The minimum Gasteiger partial charge on any atom is -0.396 e. The van der Waals surface area contributed by atoms with Gasteiger partial charge in [-0.05, 0) is 26.0 Å². The lowest BCUT2D eigenvalue weighted by atomic mass is 10.3. The molecule has 0 amide bonds. The maximum absolute atomic E-state index is 8.93. The average molecular weight is 195 g/mol. The maximum Gasteiger partial charge on any atom is 0.152 e. The van der Waals surface area contributed by atoms with E-state index in [0.717, 1.165) is 5.82 Å². The average Bonchev–Trinajstić information content (AvgIpc) is 2.15. The summed E-state index contributed by atoms with van der Waals surface area (Å²) < 4.78 is 0. The van der Waals surface area contributed by atoms with Crippen LogP contribution in [0.25, 0.3) is 0 Å². The van der Waals surface area contributed by atoms with E-state index in [1.165, 1.54) is 0 Å². The van der Waals surface area contributed by atoms with E-state index in [4.69, 9.17) is 10.8 Å². The predicted octanol–water partition coefficient (Wildman–Crippen LogP) is 0.871. The molecule has 0 radical (unpaired) electrons. The third-order valence-corrected chi connectivity index (χ3v) is 2.05. The lowest BCUT2D eigenvalue weighted by Gasteiger charge is -2.27. The number of aliphatic hydroxyl groups is 1. The summed E-state index contributed by atoms with van der Waals surface area (Å²) in [6, 6.07) is 3.89. The first-order valence-corrected chi connectivity index (χ1v) is 4.74. The van der Waals surface area contributed by atoms with Crippen LogP contribution in [-0.4, -0.2) is 29.3 Å². The van der Waals surface area contributed by atoms with E-state index in [1.54, 1.807) is 12.3 Å². The van der Waals surface area contributed by atoms with Crippen molar-refractivity contribution in [2.24, 2.45) is 0 Å². The fraction of sp³-hybridized carbons (Fsp3) is 0.500. The fourth-order valence-electron chi connectivity index (χ4n) is 1.37. The fourth-order valence-corrected chi connectivity index (χ4v) is 1.37. The molecule has 1 aromatic rings. The summed E-state index contributed by atoms with van der Waals surface area (Å²) in [7, 11) is 0. The summed E-state index contributed by atoms with van der Waals surface area (Å²) >= 11 is 0. The zero-order valence-electron chi connectivity index (χ0n) is 8.64. The maximum atomic E-state index is 8.93. The van der Waals surface area contributed by atoms with Gasteiger partial charge in [0.2, 0.25) is 0 Å². The van der Waals surface area contributed by atoms with Crippen molar-refractivity contribution in [2.45, 2.75) is 19.9 Å². The van der Waals surface area contributed by atoms with E-state index >= 15 is 0 Å². The highest BCUT2D eigenvalue weighted by Gasteiger charge is 2.13. The molecular formula is C10H17N3O. The van der Waals surface area contributed by atoms with Gasteiger partial charge in [-0.3, -0.25) is 0 Å². The smallest absolute Gasteiger partial charge is 0.152 e. The van der Waals surface area contributed by atoms with Crippen LogP contribution >= 0.6 is 0 Å². The Balaban J connectivity index is 2.93. The van der Waals surface area contributed by atoms with Crippen molar-refractivity contribution in [3.63, 3.8) is 0 Å². The molecule has 0 unspecified atom stereocenters. The molecule has 0 aliphatic carbocycles. The Kier molecular flexibility index (Phi) is 3.71. The third-order valence-electron chi connectivity index (χ3n) is 2.05. The van der Waals surface area contributed by atoms with Crippen LogP contribution < -0.4 is 10.6 Å². The number of aliphatic hydroxyl groups excluding tert-OH is 1. The monoisotopic (exact) mass is 195 g/mol. The Morgan fingerprint density at radius 1 is 1.57 bits per heavy atom. The van der Waals surface area contributed by atoms with E-state index in [9.17, 15) is 0 Å². The van der Waals surface area contributed by atoms with Crippen LogP contribution in [0.3, 0.4) is 0 Å². The predicted molar refractivity (Wildman–Crippen MR) is 58.2 cm³/mol. The first kappa shape index (κ1) is 10.8. The number of hydrogen-bond donors (Lipinski definition) is 2. The molecule has 0 bridgehead atoms. The molecule has 0 saturated carbocycles. The second-order valence-electron chi connectivity index (χ2n) is 3.43. The Morgan fingerprint density at radius 3 is 2.79 bits per heavy atom. The van der Waals surface area contributed by atoms with Crippen molar-refractivity contribution in [3.8, 4) is 0 Å². The van der Waals surface area contributed by atoms with E-state index in [0.29, 0.717) is 12.2 Å². The Labute approximate surface area is 84.4 Å². The van der Waals surface area contributed by atoms with Gasteiger partial charge >= 0.3 is 0 Å². The number of anilines is 2. The number of nitrogens with two attached hydrogens (primary N) is 1. The first-order chi connectivity index (χ1) is 6.66. The van der Waals surface area contributed by atoms with Crippen LogP contribution in [0.2, 0.25) is 0 Å². The molecule has 78 valence electrons. The summed E-state index contributed by atoms with van der Waals surface area (Å²) in [4.78, 5) is 6.19. The lowest BCUT2D eigenvalue weighted by molar-refractivity contribution is 0.298. The summed E-state index contributed by atoms with van der Waals surface area (Å²) in [6.45, 7) is 4.75. The number of aromatic nitrogens is 1. The zero-order chi connectivity index (χ0) is 10.6. The third kappa shape index (κ3) is 2.35. The van der Waals surface area contributed by atoms with Crippen LogP contribution in [0.1, 0.15) is 13.8 Å². The van der Waals surface area contributed by atoms with Gasteiger partial charge in [0.15, 0.2) is 5.82 Å². The number of nitrogens with zero attached hydrogens (tertiary/aromatic N) is 2. The molecule has 1 heterocycles. The second kappa shape index (κ2) is 4.81. The van der Waals surface area contributed by atoms with Gasteiger partial charge in [0.25, 0.3) is 0 Å². The normalized spacial score (nSPS) is 10.6. The molecule has 0 saturated heterocycles. The molecule has 0 fully saturated rings. The Hall–Kier alpha value is -1.29. The zero-order valence-corrected chi connectivity index (χ0v) is 8.64. The number of rotatable bonds is 4. The van der Waals surface area contributed by atoms with Crippen molar-refractivity contribution in [3.05, 3.63) is 18.3 Å². The van der Waals surface area contributed by atoms with Gasteiger partial charge in [-0.25, -0.2) is 4.98 Å². The minimum atomic E-state index is 0.105. The van der Waals surface area contributed by atoms with Crippen molar-refractivity contribution < 1.29 is 5.11 Å². The largest absolute Gasteiger partial charge is 0.396 e. The van der Waals surface area contributed by atoms with Gasteiger partial charge in [-0.2, -0.15) is 0 Å². The highest BCUT2D eigenvalue weighted by Crippen LogP contribution is 2.20. The molecule has 0 spiro atoms. The highest BCUT2D eigenvalue weighted by atomic mass is 16.3. The quantitative estimate of drug-likeness (QED) is 0.748. The van der Waals surface area contributed by atoms with Gasteiger partial charge in [0.1, 0.15) is 0 Å².